The molecule has 0 bridgehead atoms. The molecule has 32 heavy (non-hydrogen) atoms. The molecular formula is C23H16Cl2N4O2S. The molecule has 9 heteroatoms. The van der Waals surface area contributed by atoms with Gasteiger partial charge in [0.15, 0.2) is 0 Å². The van der Waals surface area contributed by atoms with Crippen molar-refractivity contribution in [2.45, 2.75) is 6.92 Å². The van der Waals surface area contributed by atoms with Gasteiger partial charge < -0.3 is 5.32 Å². The van der Waals surface area contributed by atoms with Crippen molar-refractivity contribution in [1.82, 2.24) is 10.4 Å². The van der Waals surface area contributed by atoms with Crippen LogP contribution in [-0.4, -0.2) is 22.5 Å². The van der Waals surface area contributed by atoms with Gasteiger partial charge in [-0.05, 0) is 48.9 Å². The lowest BCUT2D eigenvalue weighted by molar-refractivity contribution is 0.0958. The fourth-order valence-corrected chi connectivity index (χ4v) is 4.83. The molecule has 0 aliphatic rings. The standard InChI is InChI=1S/C23H16Cl2N4O2S/c1-13(14-5-2-7-16(11-14)27-22(30)15-6-4-10-26-12-15)28-29-23(31)21-20(25)19-17(24)8-3-9-18(19)32-21/h2-12H,1H3,(H,27,30)(H,29,31)/b28-13-. The maximum Gasteiger partial charge on any atom is 0.283 e. The van der Waals surface area contributed by atoms with Crippen molar-refractivity contribution in [2.75, 3.05) is 5.32 Å². The van der Waals surface area contributed by atoms with Crippen LogP contribution in [0.1, 0.15) is 32.5 Å². The Hall–Kier alpha value is -3.26. The molecule has 0 saturated heterocycles. The molecule has 160 valence electrons. The lowest BCUT2D eigenvalue weighted by atomic mass is 10.1. The first kappa shape index (κ1) is 22.0. The van der Waals surface area contributed by atoms with Gasteiger partial charge in [-0.3, -0.25) is 14.6 Å². The predicted molar refractivity (Wildman–Crippen MR) is 130 cm³/mol. The number of rotatable bonds is 5. The Morgan fingerprint density at radius 1 is 1.00 bits per heavy atom. The largest absolute Gasteiger partial charge is 0.322 e. The zero-order valence-electron chi connectivity index (χ0n) is 16.7. The molecule has 4 aromatic rings. The number of benzene rings is 2. The molecule has 2 aromatic heterocycles. The molecule has 0 aliphatic carbocycles. The molecule has 0 saturated carbocycles. The van der Waals surface area contributed by atoms with Gasteiger partial charge in [0, 0.05) is 28.2 Å². The lowest BCUT2D eigenvalue weighted by Crippen LogP contribution is -2.18. The number of amides is 2. The van der Waals surface area contributed by atoms with Crippen LogP contribution in [0, 0.1) is 0 Å². The van der Waals surface area contributed by atoms with Crippen LogP contribution >= 0.6 is 34.5 Å². The number of nitrogens with zero attached hydrogens (tertiary/aromatic N) is 2. The quantitative estimate of drug-likeness (QED) is 0.269. The third kappa shape index (κ3) is 4.65. The van der Waals surface area contributed by atoms with Gasteiger partial charge in [-0.2, -0.15) is 5.10 Å². The fraction of sp³-hybridized carbons (Fsp3) is 0.0435. The van der Waals surface area contributed by atoms with E-state index in [0.717, 1.165) is 10.3 Å². The van der Waals surface area contributed by atoms with Crippen LogP contribution < -0.4 is 10.7 Å². The molecule has 0 radical (unpaired) electrons. The van der Waals surface area contributed by atoms with Crippen molar-refractivity contribution in [3.05, 3.63) is 93.0 Å². The van der Waals surface area contributed by atoms with Crippen molar-refractivity contribution in [3.8, 4) is 0 Å². The Kier molecular flexibility index (Phi) is 6.50. The molecule has 2 amide bonds. The summed E-state index contributed by atoms with van der Waals surface area (Å²) in [6.45, 7) is 1.76. The Bertz CT molecular complexity index is 1350. The third-order valence-electron chi connectivity index (χ3n) is 4.60. The van der Waals surface area contributed by atoms with Gasteiger partial charge in [0.25, 0.3) is 11.8 Å². The first-order valence-corrected chi connectivity index (χ1v) is 11.0. The molecular weight excluding hydrogens is 467 g/mol. The van der Waals surface area contributed by atoms with Crippen molar-refractivity contribution >= 4 is 67.8 Å². The van der Waals surface area contributed by atoms with Crippen LogP contribution in [0.2, 0.25) is 10.0 Å². The number of nitrogens with one attached hydrogen (secondary N) is 2. The van der Waals surface area contributed by atoms with Crippen molar-refractivity contribution < 1.29 is 9.59 Å². The molecule has 0 aliphatic heterocycles. The van der Waals surface area contributed by atoms with Gasteiger partial charge in [0.1, 0.15) is 4.88 Å². The average molecular weight is 483 g/mol. The van der Waals surface area contributed by atoms with Crippen molar-refractivity contribution in [3.63, 3.8) is 0 Å². The van der Waals surface area contributed by atoms with Crippen LogP contribution in [0.3, 0.4) is 0 Å². The summed E-state index contributed by atoms with van der Waals surface area (Å²) in [6, 6.07) is 15.9. The summed E-state index contributed by atoms with van der Waals surface area (Å²) in [5.74, 6) is -0.691. The molecule has 2 aromatic carbocycles. The van der Waals surface area contributed by atoms with Crippen LogP contribution in [-0.2, 0) is 0 Å². The monoisotopic (exact) mass is 482 g/mol. The second-order valence-corrected chi connectivity index (χ2v) is 8.61. The lowest BCUT2D eigenvalue weighted by Gasteiger charge is -2.08. The number of thiophene rings is 1. The maximum absolute atomic E-state index is 12.7. The Morgan fingerprint density at radius 3 is 2.53 bits per heavy atom. The smallest absolute Gasteiger partial charge is 0.283 e. The summed E-state index contributed by atoms with van der Waals surface area (Å²) in [5.41, 5.74) is 4.89. The normalized spacial score (nSPS) is 11.4. The van der Waals surface area contributed by atoms with E-state index in [1.54, 1.807) is 49.5 Å². The molecule has 2 heterocycles. The van der Waals surface area contributed by atoms with E-state index in [2.05, 4.69) is 20.8 Å². The Balaban J connectivity index is 1.49. The number of fused-ring (bicyclic) bond motifs is 1. The van der Waals surface area contributed by atoms with E-state index in [0.29, 0.717) is 37.3 Å². The van der Waals surface area contributed by atoms with E-state index >= 15 is 0 Å². The number of pyridine rings is 1. The summed E-state index contributed by atoms with van der Waals surface area (Å²) in [5, 5.41) is 8.47. The number of aromatic nitrogens is 1. The van der Waals surface area contributed by atoms with E-state index in [1.165, 1.54) is 17.5 Å². The minimum absolute atomic E-state index is 0.267. The number of carbonyl (C=O) groups is 2. The number of anilines is 1. The average Bonchev–Trinajstić information content (AvgIpc) is 3.15. The molecule has 0 spiro atoms. The van der Waals surface area contributed by atoms with Gasteiger partial charge in [0.2, 0.25) is 0 Å². The van der Waals surface area contributed by atoms with Gasteiger partial charge >= 0.3 is 0 Å². The highest BCUT2D eigenvalue weighted by Crippen LogP contribution is 2.39. The minimum atomic E-state index is -0.423. The number of carbonyl (C=O) groups excluding carboxylic acids is 2. The molecule has 4 rings (SSSR count). The third-order valence-corrected chi connectivity index (χ3v) is 6.56. The maximum atomic E-state index is 12.7. The van der Waals surface area contributed by atoms with E-state index < -0.39 is 5.91 Å². The van der Waals surface area contributed by atoms with Crippen LogP contribution in [0.15, 0.2) is 72.1 Å². The highest BCUT2D eigenvalue weighted by Gasteiger charge is 2.18. The minimum Gasteiger partial charge on any atom is -0.322 e. The number of hydrogen-bond donors (Lipinski definition) is 2. The highest BCUT2D eigenvalue weighted by atomic mass is 35.5. The molecule has 6 nitrogen and oxygen atoms in total. The Morgan fingerprint density at radius 2 is 1.78 bits per heavy atom. The molecule has 0 unspecified atom stereocenters. The second kappa shape index (κ2) is 9.48. The number of halogens is 2. The van der Waals surface area contributed by atoms with Crippen molar-refractivity contribution in [1.29, 1.82) is 0 Å². The summed E-state index contributed by atoms with van der Waals surface area (Å²) in [4.78, 5) is 29.3. The SMILES string of the molecule is C/C(=N/NC(=O)c1sc2cccc(Cl)c2c1Cl)c1cccc(NC(=O)c2cccnc2)c1. The van der Waals surface area contributed by atoms with Gasteiger partial charge in [-0.15, -0.1) is 11.3 Å². The highest BCUT2D eigenvalue weighted by molar-refractivity contribution is 7.21. The zero-order chi connectivity index (χ0) is 22.7. The van der Waals surface area contributed by atoms with Crippen LogP contribution in [0.5, 0.6) is 0 Å². The van der Waals surface area contributed by atoms with Gasteiger partial charge in [-0.25, -0.2) is 5.43 Å². The summed E-state index contributed by atoms with van der Waals surface area (Å²) < 4.78 is 0.824. The van der Waals surface area contributed by atoms with E-state index in [1.807, 2.05) is 18.2 Å². The summed E-state index contributed by atoms with van der Waals surface area (Å²) >= 11 is 13.8. The van der Waals surface area contributed by atoms with E-state index in [-0.39, 0.29) is 5.91 Å². The molecule has 2 N–H and O–H groups in total. The van der Waals surface area contributed by atoms with Crippen LogP contribution in [0.25, 0.3) is 10.1 Å². The van der Waals surface area contributed by atoms with E-state index in [9.17, 15) is 9.59 Å². The zero-order valence-corrected chi connectivity index (χ0v) is 19.1. The van der Waals surface area contributed by atoms with Gasteiger partial charge in [-0.1, -0.05) is 41.4 Å². The van der Waals surface area contributed by atoms with Crippen LogP contribution in [0.4, 0.5) is 5.69 Å². The molecule has 0 fully saturated rings. The Labute approximate surface area is 197 Å². The first-order valence-electron chi connectivity index (χ1n) is 9.47. The fourth-order valence-electron chi connectivity index (χ4n) is 2.99. The second-order valence-electron chi connectivity index (χ2n) is 6.77. The predicted octanol–water partition coefficient (Wildman–Crippen LogP) is 6.01. The summed E-state index contributed by atoms with van der Waals surface area (Å²) in [7, 11) is 0. The number of hydrogen-bond acceptors (Lipinski definition) is 5. The first-order chi connectivity index (χ1) is 15.4. The number of hydrazone groups is 1. The summed E-state index contributed by atoms with van der Waals surface area (Å²) in [6.07, 6.45) is 3.10. The topological polar surface area (TPSA) is 83.5 Å². The van der Waals surface area contributed by atoms with Crippen molar-refractivity contribution in [2.24, 2.45) is 5.10 Å². The van der Waals surface area contributed by atoms with Gasteiger partial charge in [0.05, 0.1) is 21.3 Å². The van der Waals surface area contributed by atoms with E-state index in [4.69, 9.17) is 23.2 Å². The molecule has 0 atom stereocenters.